The van der Waals surface area contributed by atoms with Gasteiger partial charge in [0.05, 0.1) is 11.2 Å². The highest BCUT2D eigenvalue weighted by Crippen LogP contribution is 2.36. The number of hydrogen-bond donors (Lipinski definition) is 2. The molecule has 4 heteroatoms. The van der Waals surface area contributed by atoms with Gasteiger partial charge in [-0.1, -0.05) is 54.6 Å². The van der Waals surface area contributed by atoms with Crippen molar-refractivity contribution < 1.29 is 19.7 Å². The zero-order valence-corrected chi connectivity index (χ0v) is 20.3. The number of benzene rings is 4. The van der Waals surface area contributed by atoms with Gasteiger partial charge in [-0.2, -0.15) is 0 Å². The summed E-state index contributed by atoms with van der Waals surface area (Å²) in [6.45, 7) is 5.17. The molecule has 0 radical (unpaired) electrons. The van der Waals surface area contributed by atoms with Crippen LogP contribution >= 0.6 is 0 Å². The first-order chi connectivity index (χ1) is 16.8. The molecule has 1 heterocycles. The van der Waals surface area contributed by atoms with E-state index in [0.29, 0.717) is 32.7 Å². The molecule has 180 valence electrons. The molecule has 0 aromatic heterocycles. The van der Waals surface area contributed by atoms with Gasteiger partial charge in [0.25, 0.3) is 0 Å². The van der Waals surface area contributed by atoms with Crippen molar-refractivity contribution in [1.29, 1.82) is 0 Å². The van der Waals surface area contributed by atoms with Crippen LogP contribution in [0.3, 0.4) is 0 Å². The van der Waals surface area contributed by atoms with Crippen LogP contribution in [0, 0.1) is 0 Å². The van der Waals surface area contributed by atoms with E-state index in [9.17, 15) is 10.2 Å². The van der Waals surface area contributed by atoms with Crippen LogP contribution in [0.4, 0.5) is 0 Å². The van der Waals surface area contributed by atoms with Gasteiger partial charge in [0, 0.05) is 26.1 Å². The van der Waals surface area contributed by atoms with Crippen molar-refractivity contribution >= 4 is 10.8 Å². The molecule has 0 aliphatic carbocycles. The third-order valence-corrected chi connectivity index (χ3v) is 6.91. The molecule has 1 fully saturated rings. The lowest BCUT2D eigenvalue weighted by Crippen LogP contribution is -2.33. The minimum Gasteiger partial charge on any atom is -0.489 e. The summed E-state index contributed by atoms with van der Waals surface area (Å²) in [5.41, 5.74) is 3.20. The summed E-state index contributed by atoms with van der Waals surface area (Å²) < 4.78 is 11.6. The minimum absolute atomic E-state index is 0.405. The molecule has 1 saturated heterocycles. The topological polar surface area (TPSA) is 58.9 Å². The molecular weight excluding hydrogens is 436 g/mol. The number of ether oxygens (including phenoxy) is 2. The molecule has 0 saturated carbocycles. The molecule has 0 atom stereocenters. The average Bonchev–Trinajstić information content (AvgIpc) is 2.87. The van der Waals surface area contributed by atoms with Crippen LogP contribution < -0.4 is 4.74 Å². The largest absolute Gasteiger partial charge is 0.489 e. The third kappa shape index (κ3) is 5.10. The predicted molar refractivity (Wildman–Crippen MR) is 139 cm³/mol. The maximum atomic E-state index is 11.0. The van der Waals surface area contributed by atoms with Gasteiger partial charge in [0.2, 0.25) is 0 Å². The van der Waals surface area contributed by atoms with E-state index >= 15 is 0 Å². The Morgan fingerprint density at radius 2 is 1.66 bits per heavy atom. The first kappa shape index (κ1) is 23.6. The summed E-state index contributed by atoms with van der Waals surface area (Å²) in [6.07, 6.45) is 1.21. The molecule has 35 heavy (non-hydrogen) atoms. The average molecular weight is 469 g/mol. The van der Waals surface area contributed by atoms with E-state index in [1.165, 1.54) is 0 Å². The highest BCUT2D eigenvalue weighted by Gasteiger charge is 2.31. The molecule has 4 aromatic rings. The Morgan fingerprint density at radius 3 is 2.40 bits per heavy atom. The Kier molecular flexibility index (Phi) is 6.37. The molecule has 4 aromatic carbocycles. The second kappa shape index (κ2) is 9.46. The molecule has 4 nitrogen and oxygen atoms in total. The van der Waals surface area contributed by atoms with Gasteiger partial charge in [0.15, 0.2) is 0 Å². The van der Waals surface area contributed by atoms with Gasteiger partial charge in [0.1, 0.15) is 12.4 Å². The smallest absolute Gasteiger partial charge is 0.120 e. The zero-order valence-electron chi connectivity index (χ0n) is 20.3. The molecule has 1 aliphatic rings. The molecule has 2 N–H and O–H groups in total. The number of aliphatic hydroxyl groups is 2. The Labute approximate surface area is 206 Å². The van der Waals surface area contributed by atoms with Crippen LogP contribution in [0.1, 0.15) is 43.4 Å². The maximum Gasteiger partial charge on any atom is 0.120 e. The second-order valence-electron chi connectivity index (χ2n) is 9.96. The SMILES string of the molecule is CC(C)(O)c1cc(-c2ccccc2)c2ccc(OCc3cccc(C4(O)CCOCC4)c3)cc2c1. The van der Waals surface area contributed by atoms with Crippen molar-refractivity contribution in [3.8, 4) is 16.9 Å². The lowest BCUT2D eigenvalue weighted by atomic mass is 9.86. The van der Waals surface area contributed by atoms with Crippen LogP contribution in [0.2, 0.25) is 0 Å². The Balaban J connectivity index is 1.44. The Morgan fingerprint density at radius 1 is 0.886 bits per heavy atom. The maximum absolute atomic E-state index is 11.0. The first-order valence-electron chi connectivity index (χ1n) is 12.2. The normalized spacial score (nSPS) is 15.8. The first-order valence-corrected chi connectivity index (χ1v) is 12.2. The van der Waals surface area contributed by atoms with Crippen LogP contribution in [-0.4, -0.2) is 23.4 Å². The van der Waals surface area contributed by atoms with Gasteiger partial charge >= 0.3 is 0 Å². The fourth-order valence-corrected chi connectivity index (χ4v) is 4.76. The van der Waals surface area contributed by atoms with E-state index in [2.05, 4.69) is 24.3 Å². The van der Waals surface area contributed by atoms with E-state index in [4.69, 9.17) is 9.47 Å². The van der Waals surface area contributed by atoms with Crippen molar-refractivity contribution in [2.24, 2.45) is 0 Å². The van der Waals surface area contributed by atoms with E-state index in [1.807, 2.05) is 74.5 Å². The summed E-state index contributed by atoms with van der Waals surface area (Å²) in [5, 5.41) is 23.9. The molecule has 1 aliphatic heterocycles. The molecule has 0 bridgehead atoms. The van der Waals surface area contributed by atoms with Gasteiger partial charge in [-0.3, -0.25) is 0 Å². The Hall–Kier alpha value is -3.18. The second-order valence-corrected chi connectivity index (χ2v) is 9.96. The van der Waals surface area contributed by atoms with E-state index in [1.54, 1.807) is 0 Å². The number of fused-ring (bicyclic) bond motifs is 1. The summed E-state index contributed by atoms with van der Waals surface area (Å²) in [5.74, 6) is 0.764. The van der Waals surface area contributed by atoms with E-state index in [-0.39, 0.29) is 0 Å². The summed E-state index contributed by atoms with van der Waals surface area (Å²) in [7, 11) is 0. The molecule has 0 spiro atoms. The van der Waals surface area contributed by atoms with Gasteiger partial charge < -0.3 is 19.7 Å². The fraction of sp³-hybridized carbons (Fsp3) is 0.290. The minimum atomic E-state index is -0.959. The Bertz CT molecular complexity index is 1320. The number of rotatable bonds is 6. The quantitative estimate of drug-likeness (QED) is 0.348. The standard InChI is InChI=1S/C31H32O4/c1-30(2,32)26-18-24-19-27(11-12-28(24)29(20-26)23-8-4-3-5-9-23)35-21-22-7-6-10-25(17-22)31(33)13-15-34-16-14-31/h3-12,17-20,32-33H,13-16,21H2,1-2H3. The van der Waals surface area contributed by atoms with E-state index < -0.39 is 11.2 Å². The van der Waals surface area contributed by atoms with Crippen LogP contribution in [-0.2, 0) is 22.5 Å². The van der Waals surface area contributed by atoms with Crippen molar-refractivity contribution in [2.75, 3.05) is 13.2 Å². The van der Waals surface area contributed by atoms with Crippen molar-refractivity contribution in [1.82, 2.24) is 0 Å². The highest BCUT2D eigenvalue weighted by molar-refractivity contribution is 5.98. The monoisotopic (exact) mass is 468 g/mol. The molecule has 0 unspecified atom stereocenters. The highest BCUT2D eigenvalue weighted by atomic mass is 16.5. The zero-order chi connectivity index (χ0) is 24.5. The van der Waals surface area contributed by atoms with Gasteiger partial charge in [-0.25, -0.2) is 0 Å². The number of hydrogen-bond acceptors (Lipinski definition) is 4. The summed E-state index contributed by atoms with van der Waals surface area (Å²) in [6, 6.07) is 28.5. The third-order valence-electron chi connectivity index (χ3n) is 6.91. The van der Waals surface area contributed by atoms with Crippen molar-refractivity contribution in [3.63, 3.8) is 0 Å². The van der Waals surface area contributed by atoms with Crippen LogP contribution in [0.15, 0.2) is 84.9 Å². The molecule has 5 rings (SSSR count). The predicted octanol–water partition coefficient (Wildman–Crippen LogP) is 6.31. The lowest BCUT2D eigenvalue weighted by molar-refractivity contribution is -0.0679. The lowest BCUT2D eigenvalue weighted by Gasteiger charge is -2.32. The van der Waals surface area contributed by atoms with Crippen molar-refractivity contribution in [2.45, 2.75) is 44.5 Å². The van der Waals surface area contributed by atoms with Gasteiger partial charge in [-0.05, 0) is 82.8 Å². The summed E-state index contributed by atoms with van der Waals surface area (Å²) >= 11 is 0. The summed E-state index contributed by atoms with van der Waals surface area (Å²) in [4.78, 5) is 0. The van der Waals surface area contributed by atoms with Crippen molar-refractivity contribution in [3.05, 3.63) is 102 Å². The van der Waals surface area contributed by atoms with Crippen LogP contribution in [0.25, 0.3) is 21.9 Å². The fourth-order valence-electron chi connectivity index (χ4n) is 4.76. The van der Waals surface area contributed by atoms with E-state index in [0.717, 1.165) is 44.3 Å². The molecular formula is C31H32O4. The molecule has 0 amide bonds. The van der Waals surface area contributed by atoms with Crippen LogP contribution in [0.5, 0.6) is 5.75 Å². The van der Waals surface area contributed by atoms with Gasteiger partial charge in [-0.15, -0.1) is 0 Å².